The minimum Gasteiger partial charge on any atom is -0.497 e. The van der Waals surface area contributed by atoms with Gasteiger partial charge >= 0.3 is 11.9 Å². The fraction of sp³-hybridized carbons (Fsp3) is 0.0800. The molecule has 0 aliphatic heterocycles. The largest absolute Gasteiger partial charge is 0.497 e. The molecule has 0 aromatic heterocycles. The van der Waals surface area contributed by atoms with E-state index in [1.54, 1.807) is 67.9 Å². The fourth-order valence-electron chi connectivity index (χ4n) is 2.70. The maximum absolute atomic E-state index is 12.5. The molecule has 0 saturated heterocycles. The van der Waals surface area contributed by atoms with Crippen molar-refractivity contribution in [3.63, 3.8) is 0 Å². The van der Waals surface area contributed by atoms with Crippen LogP contribution < -0.4 is 9.47 Å². The van der Waals surface area contributed by atoms with Crippen molar-refractivity contribution in [2.24, 2.45) is 4.99 Å². The van der Waals surface area contributed by atoms with Crippen LogP contribution in [0.25, 0.3) is 6.08 Å². The number of aromatic carboxylic acids is 1. The summed E-state index contributed by atoms with van der Waals surface area (Å²) in [6, 6.07) is 20.2. The third-order valence-electron chi connectivity index (χ3n) is 4.38. The molecule has 0 spiro atoms. The summed E-state index contributed by atoms with van der Waals surface area (Å²) in [5.74, 6) is -0.547. The Bertz CT molecular complexity index is 1150. The van der Waals surface area contributed by atoms with E-state index in [0.29, 0.717) is 17.2 Å². The highest BCUT2D eigenvalue weighted by Crippen LogP contribution is 2.19. The van der Waals surface area contributed by atoms with Gasteiger partial charge in [-0.3, -0.25) is 4.99 Å². The molecule has 3 aromatic carbocycles. The topological polar surface area (TPSA) is 94.4 Å². The van der Waals surface area contributed by atoms with Crippen molar-refractivity contribution >= 4 is 29.9 Å². The van der Waals surface area contributed by atoms with E-state index in [0.717, 1.165) is 11.1 Å². The van der Waals surface area contributed by atoms with Crippen LogP contribution in [0, 0.1) is 0 Å². The lowest BCUT2D eigenvalue weighted by Crippen LogP contribution is -2.12. The molecule has 0 fully saturated rings. The van der Waals surface area contributed by atoms with Gasteiger partial charge in [0.2, 0.25) is 5.76 Å². The van der Waals surface area contributed by atoms with E-state index in [1.807, 2.05) is 12.1 Å². The lowest BCUT2D eigenvalue weighted by atomic mass is 10.2. The SMILES string of the molecule is CO/C(=C/c1cccc(OC)c1)C(=O)Oc1ccc(C=Nc2ccc(C(=O)O)cc2)cc1. The van der Waals surface area contributed by atoms with E-state index in [1.165, 1.54) is 19.2 Å². The number of nitrogens with zero attached hydrogens (tertiary/aromatic N) is 1. The molecular weight excluding hydrogens is 410 g/mol. The van der Waals surface area contributed by atoms with Gasteiger partial charge in [-0.15, -0.1) is 0 Å². The standard InChI is InChI=1S/C25H21NO6/c1-30-22-5-3-4-18(14-22)15-23(31-2)25(29)32-21-12-6-17(7-13-21)16-26-20-10-8-19(9-11-20)24(27)28/h3-16H,1-2H3,(H,27,28)/b23-15+,26-16?. The first kappa shape index (κ1) is 22.3. The van der Waals surface area contributed by atoms with Crippen LogP contribution in [0.3, 0.4) is 0 Å². The van der Waals surface area contributed by atoms with Gasteiger partial charge in [0.15, 0.2) is 0 Å². The lowest BCUT2D eigenvalue weighted by Gasteiger charge is -2.08. The average Bonchev–Trinajstić information content (AvgIpc) is 2.82. The van der Waals surface area contributed by atoms with Crippen LogP contribution in [0.2, 0.25) is 0 Å². The van der Waals surface area contributed by atoms with Crippen molar-refractivity contribution in [2.45, 2.75) is 0 Å². The number of rotatable bonds is 8. The van der Waals surface area contributed by atoms with Gasteiger partial charge in [0.25, 0.3) is 0 Å². The molecule has 3 rings (SSSR count). The monoisotopic (exact) mass is 431 g/mol. The number of methoxy groups -OCH3 is 2. The van der Waals surface area contributed by atoms with Crippen molar-refractivity contribution in [1.82, 2.24) is 0 Å². The average molecular weight is 431 g/mol. The van der Waals surface area contributed by atoms with Gasteiger partial charge < -0.3 is 19.3 Å². The van der Waals surface area contributed by atoms with Gasteiger partial charge in [-0.05, 0) is 77.9 Å². The summed E-state index contributed by atoms with van der Waals surface area (Å²) in [6.07, 6.45) is 3.20. The predicted molar refractivity (Wildman–Crippen MR) is 121 cm³/mol. The van der Waals surface area contributed by atoms with Gasteiger partial charge in [0.1, 0.15) is 11.5 Å². The molecule has 1 N–H and O–H groups in total. The van der Waals surface area contributed by atoms with Gasteiger partial charge in [0.05, 0.1) is 25.5 Å². The van der Waals surface area contributed by atoms with Crippen molar-refractivity contribution in [2.75, 3.05) is 14.2 Å². The van der Waals surface area contributed by atoms with Crippen LogP contribution in [0.15, 0.2) is 83.5 Å². The number of carboxylic acid groups (broad SMARTS) is 1. The summed E-state index contributed by atoms with van der Waals surface area (Å²) < 4.78 is 15.7. The molecule has 0 aliphatic carbocycles. The molecule has 32 heavy (non-hydrogen) atoms. The Morgan fingerprint density at radius 3 is 2.22 bits per heavy atom. The Labute approximate surface area is 185 Å². The Kier molecular flexibility index (Phi) is 7.37. The van der Waals surface area contributed by atoms with Gasteiger partial charge in [-0.25, -0.2) is 9.59 Å². The van der Waals surface area contributed by atoms with E-state index in [-0.39, 0.29) is 11.3 Å². The summed E-state index contributed by atoms with van der Waals surface area (Å²) in [5.41, 5.74) is 2.34. The summed E-state index contributed by atoms with van der Waals surface area (Å²) in [5, 5.41) is 8.93. The zero-order valence-corrected chi connectivity index (χ0v) is 17.5. The smallest absolute Gasteiger partial charge is 0.378 e. The number of benzene rings is 3. The van der Waals surface area contributed by atoms with Crippen molar-refractivity contribution < 1.29 is 28.9 Å². The number of hydrogen-bond acceptors (Lipinski definition) is 6. The van der Waals surface area contributed by atoms with Crippen LogP contribution in [0.1, 0.15) is 21.5 Å². The Morgan fingerprint density at radius 2 is 1.59 bits per heavy atom. The number of carboxylic acids is 1. The van der Waals surface area contributed by atoms with Gasteiger partial charge in [-0.1, -0.05) is 12.1 Å². The summed E-state index contributed by atoms with van der Waals surface area (Å²) in [6.45, 7) is 0. The fourth-order valence-corrected chi connectivity index (χ4v) is 2.70. The maximum atomic E-state index is 12.5. The molecule has 3 aromatic rings. The van der Waals surface area contributed by atoms with Crippen molar-refractivity contribution in [3.05, 3.63) is 95.2 Å². The van der Waals surface area contributed by atoms with Gasteiger partial charge in [0, 0.05) is 6.21 Å². The molecule has 0 saturated carbocycles. The minimum absolute atomic E-state index is 0.0497. The van der Waals surface area contributed by atoms with Crippen LogP contribution >= 0.6 is 0 Å². The third kappa shape index (κ3) is 6.06. The van der Waals surface area contributed by atoms with Crippen molar-refractivity contribution in [1.29, 1.82) is 0 Å². The number of esters is 1. The zero-order chi connectivity index (χ0) is 22.9. The second-order valence-electron chi connectivity index (χ2n) is 6.56. The van der Waals surface area contributed by atoms with Crippen molar-refractivity contribution in [3.8, 4) is 11.5 Å². The minimum atomic E-state index is -0.986. The number of aliphatic imine (C=N–C) groups is 1. The summed E-state index contributed by atoms with van der Waals surface area (Å²) >= 11 is 0. The highest BCUT2D eigenvalue weighted by atomic mass is 16.6. The second kappa shape index (κ2) is 10.6. The number of carbonyl (C=O) groups excluding carboxylic acids is 1. The Morgan fingerprint density at radius 1 is 0.875 bits per heavy atom. The molecule has 162 valence electrons. The molecule has 0 aliphatic rings. The molecule has 0 atom stereocenters. The first-order chi connectivity index (χ1) is 15.5. The molecule has 7 nitrogen and oxygen atoms in total. The molecule has 0 bridgehead atoms. The highest BCUT2D eigenvalue weighted by molar-refractivity contribution is 5.93. The first-order valence-electron chi connectivity index (χ1n) is 9.58. The number of ether oxygens (including phenoxy) is 3. The molecule has 7 heteroatoms. The Balaban J connectivity index is 1.65. The molecule has 0 heterocycles. The Hall–Kier alpha value is -4.39. The summed E-state index contributed by atoms with van der Waals surface area (Å²) in [4.78, 5) is 27.7. The maximum Gasteiger partial charge on any atom is 0.378 e. The lowest BCUT2D eigenvalue weighted by molar-refractivity contribution is -0.133. The molecule has 0 unspecified atom stereocenters. The third-order valence-corrected chi connectivity index (χ3v) is 4.38. The second-order valence-corrected chi connectivity index (χ2v) is 6.56. The van der Waals surface area contributed by atoms with E-state index in [4.69, 9.17) is 19.3 Å². The van der Waals surface area contributed by atoms with Crippen LogP contribution in [-0.2, 0) is 9.53 Å². The first-order valence-corrected chi connectivity index (χ1v) is 9.58. The van der Waals surface area contributed by atoms with Crippen LogP contribution in [0.5, 0.6) is 11.5 Å². The van der Waals surface area contributed by atoms with E-state index in [9.17, 15) is 9.59 Å². The van der Waals surface area contributed by atoms with Crippen LogP contribution in [0.4, 0.5) is 5.69 Å². The molecule has 0 amide bonds. The normalized spacial score (nSPS) is 11.2. The van der Waals surface area contributed by atoms with Gasteiger partial charge in [-0.2, -0.15) is 0 Å². The quantitative estimate of drug-likeness (QED) is 0.182. The van der Waals surface area contributed by atoms with E-state index < -0.39 is 11.9 Å². The van der Waals surface area contributed by atoms with Crippen LogP contribution in [-0.4, -0.2) is 37.5 Å². The van der Waals surface area contributed by atoms with E-state index >= 15 is 0 Å². The van der Waals surface area contributed by atoms with E-state index in [2.05, 4.69) is 4.99 Å². The predicted octanol–water partition coefficient (Wildman–Crippen LogP) is 4.74. The molecule has 0 radical (unpaired) electrons. The zero-order valence-electron chi connectivity index (χ0n) is 17.5. The summed E-state index contributed by atoms with van der Waals surface area (Å²) in [7, 11) is 2.97. The number of carbonyl (C=O) groups is 2. The highest BCUT2D eigenvalue weighted by Gasteiger charge is 2.13. The molecular formula is C25H21NO6. The number of hydrogen-bond donors (Lipinski definition) is 1.